The van der Waals surface area contributed by atoms with Crippen molar-refractivity contribution in [3.05, 3.63) is 76.1 Å². The van der Waals surface area contributed by atoms with Gasteiger partial charge in [-0.15, -0.1) is 11.3 Å². The summed E-state index contributed by atoms with van der Waals surface area (Å²) >= 11 is 3.23. The Hall–Kier alpha value is -2.70. The van der Waals surface area contributed by atoms with Crippen LogP contribution in [0.2, 0.25) is 0 Å². The molecule has 0 unspecified atom stereocenters. The molecule has 0 aliphatic heterocycles. The van der Waals surface area contributed by atoms with Gasteiger partial charge in [0, 0.05) is 21.2 Å². The van der Waals surface area contributed by atoms with Crippen LogP contribution >= 0.6 is 23.1 Å². The minimum Gasteiger partial charge on any atom is -0.497 e. The van der Waals surface area contributed by atoms with Gasteiger partial charge in [0.2, 0.25) is 0 Å². The van der Waals surface area contributed by atoms with Crippen molar-refractivity contribution in [2.45, 2.75) is 23.3 Å². The van der Waals surface area contributed by atoms with Gasteiger partial charge in [0.15, 0.2) is 0 Å². The van der Waals surface area contributed by atoms with Crippen molar-refractivity contribution < 1.29 is 9.53 Å². The van der Waals surface area contributed by atoms with Crippen molar-refractivity contribution in [3.8, 4) is 5.75 Å². The molecule has 0 aliphatic carbocycles. The van der Waals surface area contributed by atoms with E-state index in [1.807, 2.05) is 35.7 Å². The summed E-state index contributed by atoms with van der Waals surface area (Å²) in [5, 5.41) is 6.04. The summed E-state index contributed by atoms with van der Waals surface area (Å²) < 4.78 is 5.33. The van der Waals surface area contributed by atoms with Crippen LogP contribution in [0.15, 0.2) is 69.8 Å². The quantitative estimate of drug-likeness (QED) is 0.435. The van der Waals surface area contributed by atoms with E-state index in [0.29, 0.717) is 12.2 Å². The van der Waals surface area contributed by atoms with E-state index in [1.54, 1.807) is 30.2 Å². The van der Waals surface area contributed by atoms with Gasteiger partial charge in [-0.3, -0.25) is 4.79 Å². The minimum atomic E-state index is -0.113. The minimum absolute atomic E-state index is 0.113. The van der Waals surface area contributed by atoms with Gasteiger partial charge in [0.1, 0.15) is 11.4 Å². The van der Waals surface area contributed by atoms with Crippen LogP contribution in [-0.2, 0) is 6.54 Å². The van der Waals surface area contributed by atoms with Crippen molar-refractivity contribution in [1.82, 2.24) is 10.3 Å². The number of carbonyl (C=O) groups excluding carboxylic acids is 1. The molecule has 2 aromatic heterocycles. The molecule has 142 valence electrons. The molecule has 0 saturated heterocycles. The molecule has 0 aliphatic rings. The zero-order valence-electron chi connectivity index (χ0n) is 15.6. The van der Waals surface area contributed by atoms with E-state index < -0.39 is 0 Å². The maximum absolute atomic E-state index is 12.9. The van der Waals surface area contributed by atoms with Gasteiger partial charge in [0.25, 0.3) is 5.91 Å². The van der Waals surface area contributed by atoms with Crippen molar-refractivity contribution in [1.29, 1.82) is 0 Å². The predicted octanol–water partition coefficient (Wildman–Crippen LogP) is 5.63. The summed E-state index contributed by atoms with van der Waals surface area (Å²) in [5.41, 5.74) is 2.67. The number of fused-ring (bicyclic) bond motifs is 1. The first-order chi connectivity index (χ1) is 13.6. The van der Waals surface area contributed by atoms with Gasteiger partial charge in [-0.05, 0) is 42.6 Å². The van der Waals surface area contributed by atoms with Crippen LogP contribution in [0.4, 0.5) is 0 Å². The molecule has 1 amide bonds. The van der Waals surface area contributed by atoms with Crippen LogP contribution < -0.4 is 10.1 Å². The topological polar surface area (TPSA) is 54.1 Å². The SMILES string of the molecule is COc1ccc2c(Sc3ccc(C)cc3)c(C(=O)NCc3cccs3)[nH]c2c1. The molecule has 4 rings (SSSR count). The number of methoxy groups -OCH3 is 1. The monoisotopic (exact) mass is 408 g/mol. The fraction of sp³-hybridized carbons (Fsp3) is 0.136. The van der Waals surface area contributed by atoms with E-state index in [4.69, 9.17) is 4.74 Å². The van der Waals surface area contributed by atoms with Crippen molar-refractivity contribution >= 4 is 39.9 Å². The van der Waals surface area contributed by atoms with Crippen LogP contribution in [0.25, 0.3) is 10.9 Å². The highest BCUT2D eigenvalue weighted by Gasteiger charge is 2.19. The van der Waals surface area contributed by atoms with E-state index in [1.165, 1.54) is 5.56 Å². The molecule has 28 heavy (non-hydrogen) atoms. The largest absolute Gasteiger partial charge is 0.497 e. The Labute approximate surface area is 171 Å². The Morgan fingerprint density at radius 2 is 2.00 bits per heavy atom. The first-order valence-corrected chi connectivity index (χ1v) is 10.6. The number of thiophene rings is 1. The highest BCUT2D eigenvalue weighted by atomic mass is 32.2. The number of benzene rings is 2. The standard InChI is InChI=1S/C22H20N2O2S2/c1-14-5-8-16(9-6-14)28-21-18-10-7-15(26-2)12-19(18)24-20(21)22(25)23-13-17-4-3-11-27-17/h3-12,24H,13H2,1-2H3,(H,23,25). The summed E-state index contributed by atoms with van der Waals surface area (Å²) in [5.74, 6) is 0.643. The Kier molecular flexibility index (Phi) is 5.41. The lowest BCUT2D eigenvalue weighted by Gasteiger charge is -2.06. The molecular formula is C22H20N2O2S2. The first kappa shape index (κ1) is 18.7. The summed E-state index contributed by atoms with van der Waals surface area (Å²) in [7, 11) is 1.64. The lowest BCUT2D eigenvalue weighted by molar-refractivity contribution is 0.0944. The number of aryl methyl sites for hydroxylation is 1. The molecule has 6 heteroatoms. The van der Waals surface area contributed by atoms with E-state index in [0.717, 1.165) is 31.3 Å². The lowest BCUT2D eigenvalue weighted by Crippen LogP contribution is -2.23. The van der Waals surface area contributed by atoms with Gasteiger partial charge in [-0.1, -0.05) is 35.5 Å². The molecule has 2 N–H and O–H groups in total. The van der Waals surface area contributed by atoms with E-state index in [9.17, 15) is 4.79 Å². The van der Waals surface area contributed by atoms with Gasteiger partial charge in [0.05, 0.1) is 24.1 Å². The first-order valence-electron chi connectivity index (χ1n) is 8.89. The van der Waals surface area contributed by atoms with Crippen LogP contribution in [0.1, 0.15) is 20.9 Å². The second kappa shape index (κ2) is 8.12. The number of aromatic amines is 1. The number of carbonyl (C=O) groups is 1. The third-order valence-electron chi connectivity index (χ3n) is 4.43. The number of H-pyrrole nitrogens is 1. The summed E-state index contributed by atoms with van der Waals surface area (Å²) in [6.07, 6.45) is 0. The highest BCUT2D eigenvalue weighted by Crippen LogP contribution is 2.38. The molecule has 0 spiro atoms. The van der Waals surface area contributed by atoms with Crippen LogP contribution in [0.3, 0.4) is 0 Å². The Balaban J connectivity index is 1.70. The smallest absolute Gasteiger partial charge is 0.269 e. The fourth-order valence-electron chi connectivity index (χ4n) is 2.94. The number of ether oxygens (including phenoxy) is 1. The van der Waals surface area contributed by atoms with Crippen molar-refractivity contribution in [2.75, 3.05) is 7.11 Å². The molecule has 0 bridgehead atoms. The highest BCUT2D eigenvalue weighted by molar-refractivity contribution is 7.99. The fourth-order valence-corrected chi connectivity index (χ4v) is 4.62. The van der Waals surface area contributed by atoms with Gasteiger partial charge < -0.3 is 15.0 Å². The summed E-state index contributed by atoms with van der Waals surface area (Å²) in [6, 6.07) is 18.2. The van der Waals surface area contributed by atoms with Crippen molar-refractivity contribution in [2.24, 2.45) is 0 Å². The van der Waals surface area contributed by atoms with Gasteiger partial charge >= 0.3 is 0 Å². The zero-order valence-corrected chi connectivity index (χ0v) is 17.2. The van der Waals surface area contributed by atoms with E-state index in [-0.39, 0.29) is 5.91 Å². The molecule has 0 saturated carbocycles. The maximum atomic E-state index is 12.9. The maximum Gasteiger partial charge on any atom is 0.269 e. The van der Waals surface area contributed by atoms with Gasteiger partial charge in [-0.2, -0.15) is 0 Å². The normalized spacial score (nSPS) is 10.9. The molecule has 2 aromatic carbocycles. The summed E-state index contributed by atoms with van der Waals surface area (Å²) in [6.45, 7) is 2.58. The number of amides is 1. The predicted molar refractivity (Wildman–Crippen MR) is 116 cm³/mol. The number of rotatable bonds is 6. The van der Waals surface area contributed by atoms with Gasteiger partial charge in [-0.25, -0.2) is 0 Å². The Bertz CT molecular complexity index is 1100. The van der Waals surface area contributed by atoms with Crippen LogP contribution in [0.5, 0.6) is 5.75 Å². The molecule has 2 heterocycles. The number of hydrogen-bond acceptors (Lipinski definition) is 4. The average molecular weight is 409 g/mol. The Morgan fingerprint density at radius 3 is 2.71 bits per heavy atom. The molecule has 0 radical (unpaired) electrons. The van der Waals surface area contributed by atoms with Crippen molar-refractivity contribution in [3.63, 3.8) is 0 Å². The molecule has 0 atom stereocenters. The molecule has 4 nitrogen and oxygen atoms in total. The molecule has 4 aromatic rings. The van der Waals surface area contributed by atoms with Crippen LogP contribution in [-0.4, -0.2) is 18.0 Å². The van der Waals surface area contributed by atoms with E-state index in [2.05, 4.69) is 41.5 Å². The molecule has 0 fully saturated rings. The second-order valence-electron chi connectivity index (χ2n) is 6.42. The lowest BCUT2D eigenvalue weighted by atomic mass is 10.2. The second-order valence-corrected chi connectivity index (χ2v) is 8.53. The third kappa shape index (κ3) is 3.93. The third-order valence-corrected chi connectivity index (χ3v) is 6.44. The van der Waals surface area contributed by atoms with E-state index >= 15 is 0 Å². The molecular weight excluding hydrogens is 388 g/mol. The number of nitrogens with one attached hydrogen (secondary N) is 2. The zero-order chi connectivity index (χ0) is 19.5. The van der Waals surface area contributed by atoms with Crippen LogP contribution in [0, 0.1) is 6.92 Å². The Morgan fingerprint density at radius 1 is 1.18 bits per heavy atom. The number of aromatic nitrogens is 1. The average Bonchev–Trinajstić information content (AvgIpc) is 3.35. The summed E-state index contributed by atoms with van der Waals surface area (Å²) in [4.78, 5) is 19.4. The number of hydrogen-bond donors (Lipinski definition) is 2.